The number of aliphatic hydroxyl groups is 1. The Morgan fingerprint density at radius 3 is 2.17 bits per heavy atom. The van der Waals surface area contributed by atoms with Gasteiger partial charge in [-0.3, -0.25) is 4.79 Å². The molecule has 0 aromatic rings. The first kappa shape index (κ1) is 6.16. The molecule has 36 valence electrons. The van der Waals surface area contributed by atoms with Crippen LogP contribution in [0, 0.1) is 0 Å². The van der Waals surface area contributed by atoms with Crippen molar-refractivity contribution >= 4 is 28.5 Å². The lowest BCUT2D eigenvalue weighted by molar-refractivity contribution is -0.121. The van der Waals surface area contributed by atoms with E-state index in [2.05, 4.69) is 5.73 Å². The van der Waals surface area contributed by atoms with Crippen molar-refractivity contribution in [3.8, 4) is 0 Å². The van der Waals surface area contributed by atoms with Gasteiger partial charge in [-0.2, -0.15) is 0 Å². The molecule has 0 aromatic heterocycles. The van der Waals surface area contributed by atoms with Crippen molar-refractivity contribution in [1.29, 1.82) is 0 Å². The summed E-state index contributed by atoms with van der Waals surface area (Å²) in [7, 11) is 0. The van der Waals surface area contributed by atoms with Crippen LogP contribution in [0.2, 0.25) is 0 Å². The number of carbonyl (C=O) groups excluding carboxylic acids is 1. The second-order valence-electron chi connectivity index (χ2n) is 0.738. The van der Waals surface area contributed by atoms with Crippen LogP contribution in [0.3, 0.4) is 0 Å². The van der Waals surface area contributed by atoms with Crippen LogP contribution in [0.4, 0.5) is 0 Å². The lowest BCUT2D eigenvalue weighted by Gasteiger charge is -1.88. The Hall–Kier alpha value is 0.160. The topological polar surface area (TPSA) is 63.3 Å². The molecule has 1 unspecified atom stereocenters. The summed E-state index contributed by atoms with van der Waals surface area (Å²) in [6, 6.07) is 0. The van der Waals surface area contributed by atoms with Gasteiger partial charge >= 0.3 is 0 Å². The van der Waals surface area contributed by atoms with Crippen LogP contribution in [0.15, 0.2) is 0 Å². The number of carbonyl (C=O) groups is 1. The average molecular weight is 201 g/mol. The molecule has 0 saturated carbocycles. The molecule has 0 aliphatic carbocycles. The van der Waals surface area contributed by atoms with Gasteiger partial charge in [0.05, 0.1) is 0 Å². The normalized spacial score (nSPS) is 13.7. The van der Waals surface area contributed by atoms with Crippen LogP contribution >= 0.6 is 22.6 Å². The summed E-state index contributed by atoms with van der Waals surface area (Å²) in [6.45, 7) is 0. The molecule has 4 heteroatoms. The fourth-order valence-electron chi connectivity index (χ4n) is 0. The number of nitrogens with two attached hydrogens (primary N) is 1. The number of rotatable bonds is 1. The molecule has 0 rings (SSSR count). The van der Waals surface area contributed by atoms with E-state index in [9.17, 15) is 4.79 Å². The van der Waals surface area contributed by atoms with Gasteiger partial charge in [-0.25, -0.2) is 0 Å². The highest BCUT2D eigenvalue weighted by molar-refractivity contribution is 14.1. The van der Waals surface area contributed by atoms with Gasteiger partial charge in [0.25, 0.3) is 5.91 Å². The minimum Gasteiger partial charge on any atom is -0.373 e. The number of amides is 1. The average Bonchev–Trinajstić information content (AvgIpc) is 1.36. The maximum absolute atomic E-state index is 9.66. The molecule has 0 fully saturated rings. The molecule has 3 nitrogen and oxygen atoms in total. The van der Waals surface area contributed by atoms with E-state index in [-0.39, 0.29) is 0 Å². The predicted octanol–water partition coefficient (Wildman–Crippen LogP) is -0.775. The Kier molecular flexibility index (Phi) is 2.42. The summed E-state index contributed by atoms with van der Waals surface area (Å²) >= 11 is 1.51. The van der Waals surface area contributed by atoms with Gasteiger partial charge in [0.1, 0.15) is 0 Å². The fourth-order valence-corrected chi connectivity index (χ4v) is 0. The maximum atomic E-state index is 9.66. The van der Waals surface area contributed by atoms with Crippen LogP contribution in [0.5, 0.6) is 0 Å². The molecule has 0 heterocycles. The van der Waals surface area contributed by atoms with Gasteiger partial charge in [0, 0.05) is 0 Å². The summed E-state index contributed by atoms with van der Waals surface area (Å²) in [5, 5.41) is 8.14. The highest BCUT2D eigenvalue weighted by Gasteiger charge is 2.00. The van der Waals surface area contributed by atoms with Crippen molar-refractivity contribution in [2.45, 2.75) is 4.11 Å². The standard InChI is InChI=1S/C2H4INO2/c3-1(5)2(4)6/h1,5H,(H2,4,6). The van der Waals surface area contributed by atoms with Crippen LogP contribution in [-0.2, 0) is 4.79 Å². The van der Waals surface area contributed by atoms with E-state index in [1.807, 2.05) is 0 Å². The van der Waals surface area contributed by atoms with Crippen LogP contribution in [0.25, 0.3) is 0 Å². The molecule has 6 heavy (non-hydrogen) atoms. The van der Waals surface area contributed by atoms with Crippen molar-refractivity contribution in [3.63, 3.8) is 0 Å². The molecule has 0 aromatic carbocycles. The van der Waals surface area contributed by atoms with Gasteiger partial charge in [0.15, 0.2) is 4.11 Å². The Morgan fingerprint density at radius 1 is 2.00 bits per heavy atom. The highest BCUT2D eigenvalue weighted by atomic mass is 127. The van der Waals surface area contributed by atoms with E-state index in [0.717, 1.165) is 0 Å². The zero-order chi connectivity index (χ0) is 5.15. The smallest absolute Gasteiger partial charge is 0.256 e. The third kappa shape index (κ3) is 2.40. The predicted molar refractivity (Wildman–Crippen MR) is 29.2 cm³/mol. The summed E-state index contributed by atoms with van der Waals surface area (Å²) in [5.74, 6) is -0.699. The Labute approximate surface area is 48.7 Å². The summed E-state index contributed by atoms with van der Waals surface area (Å²) < 4.78 is -1.04. The maximum Gasteiger partial charge on any atom is 0.256 e. The van der Waals surface area contributed by atoms with Crippen molar-refractivity contribution in [2.24, 2.45) is 5.73 Å². The quantitative estimate of drug-likeness (QED) is 0.432. The first-order chi connectivity index (χ1) is 2.64. The minimum absolute atomic E-state index is 0.699. The first-order valence-electron chi connectivity index (χ1n) is 1.26. The van der Waals surface area contributed by atoms with Crippen molar-refractivity contribution in [1.82, 2.24) is 0 Å². The van der Waals surface area contributed by atoms with E-state index in [1.54, 1.807) is 0 Å². The summed E-state index contributed by atoms with van der Waals surface area (Å²) in [5.41, 5.74) is 4.54. The van der Waals surface area contributed by atoms with E-state index in [0.29, 0.717) is 0 Å². The third-order valence-corrected chi connectivity index (χ3v) is 0.849. The zero-order valence-electron chi connectivity index (χ0n) is 2.89. The van der Waals surface area contributed by atoms with Crippen LogP contribution < -0.4 is 5.73 Å². The fraction of sp³-hybridized carbons (Fsp3) is 0.500. The number of alkyl halides is 1. The van der Waals surface area contributed by atoms with Gasteiger partial charge in [-0.05, 0) is 22.6 Å². The Morgan fingerprint density at radius 2 is 2.17 bits per heavy atom. The SMILES string of the molecule is NC(=O)C(O)I. The molecule has 1 atom stereocenters. The lowest BCUT2D eigenvalue weighted by atomic mass is 10.7. The lowest BCUT2D eigenvalue weighted by Crippen LogP contribution is -2.21. The van der Waals surface area contributed by atoms with Crippen molar-refractivity contribution < 1.29 is 9.90 Å². The van der Waals surface area contributed by atoms with E-state index in [1.165, 1.54) is 22.6 Å². The first-order valence-corrected chi connectivity index (χ1v) is 2.50. The summed E-state index contributed by atoms with van der Waals surface area (Å²) in [6.07, 6.45) is 0. The molecule has 0 bridgehead atoms. The monoisotopic (exact) mass is 201 g/mol. The number of primary amides is 1. The largest absolute Gasteiger partial charge is 0.373 e. The molecular weight excluding hydrogens is 197 g/mol. The molecule has 1 amide bonds. The van der Waals surface area contributed by atoms with E-state index >= 15 is 0 Å². The molecule has 0 saturated heterocycles. The van der Waals surface area contributed by atoms with E-state index < -0.39 is 10.0 Å². The number of hydrogen-bond acceptors (Lipinski definition) is 2. The third-order valence-electron chi connectivity index (χ3n) is 0.235. The van der Waals surface area contributed by atoms with Crippen molar-refractivity contribution in [3.05, 3.63) is 0 Å². The van der Waals surface area contributed by atoms with Gasteiger partial charge in [0.2, 0.25) is 0 Å². The minimum atomic E-state index is -1.04. The molecule has 0 radical (unpaired) electrons. The van der Waals surface area contributed by atoms with E-state index in [4.69, 9.17) is 5.11 Å². The summed E-state index contributed by atoms with van der Waals surface area (Å²) in [4.78, 5) is 9.66. The number of hydrogen-bond donors (Lipinski definition) is 2. The molecule has 0 spiro atoms. The number of aliphatic hydroxyl groups excluding tert-OH is 1. The Balaban J connectivity index is 3.26. The number of halogens is 1. The van der Waals surface area contributed by atoms with Gasteiger partial charge < -0.3 is 10.8 Å². The molecule has 0 aliphatic rings. The van der Waals surface area contributed by atoms with Crippen LogP contribution in [-0.4, -0.2) is 15.1 Å². The second kappa shape index (κ2) is 2.35. The van der Waals surface area contributed by atoms with Crippen molar-refractivity contribution in [2.75, 3.05) is 0 Å². The second-order valence-corrected chi connectivity index (χ2v) is 1.92. The van der Waals surface area contributed by atoms with Gasteiger partial charge in [-0.15, -0.1) is 0 Å². The van der Waals surface area contributed by atoms with Gasteiger partial charge in [-0.1, -0.05) is 0 Å². The molecule has 3 N–H and O–H groups in total. The van der Waals surface area contributed by atoms with Crippen LogP contribution in [0.1, 0.15) is 0 Å². The zero-order valence-corrected chi connectivity index (χ0v) is 5.05. The Bertz CT molecular complexity index is 62.6. The highest BCUT2D eigenvalue weighted by Crippen LogP contribution is 1.89. The molecule has 0 aliphatic heterocycles. The molecular formula is C2H4INO2.